The highest BCUT2D eigenvalue weighted by atomic mass is 19.4. The van der Waals surface area contributed by atoms with Crippen LogP contribution in [0.4, 0.5) is 13.2 Å². The summed E-state index contributed by atoms with van der Waals surface area (Å²) in [6.45, 7) is 2.75. The Balaban J connectivity index is 3.18. The number of rotatable bonds is 4. The van der Waals surface area contributed by atoms with E-state index in [1.807, 2.05) is 0 Å². The third kappa shape index (κ3) is 3.86. The Kier molecular flexibility index (Phi) is 4.65. The van der Waals surface area contributed by atoms with Gasteiger partial charge in [-0.2, -0.15) is 13.2 Å². The topological polar surface area (TPSA) is 58.6 Å². The molecule has 112 valence electrons. The predicted molar refractivity (Wildman–Crippen MR) is 66.6 cm³/mol. The van der Waals surface area contributed by atoms with Crippen molar-refractivity contribution in [3.05, 3.63) is 29.3 Å². The van der Waals surface area contributed by atoms with E-state index < -0.39 is 23.2 Å². The molecule has 20 heavy (non-hydrogen) atoms. The summed E-state index contributed by atoms with van der Waals surface area (Å²) < 4.78 is 42.9. The van der Waals surface area contributed by atoms with E-state index in [9.17, 15) is 18.0 Å². The van der Waals surface area contributed by atoms with E-state index in [4.69, 9.17) is 9.84 Å². The molecule has 0 spiro atoms. The summed E-state index contributed by atoms with van der Waals surface area (Å²) in [5, 5.41) is 11.5. The molecule has 4 nitrogen and oxygen atoms in total. The van der Waals surface area contributed by atoms with E-state index in [0.717, 1.165) is 18.2 Å². The fraction of sp³-hybridized carbons (Fsp3) is 0.462. The van der Waals surface area contributed by atoms with Gasteiger partial charge in [0.2, 0.25) is 0 Å². The monoisotopic (exact) mass is 291 g/mol. The van der Waals surface area contributed by atoms with Crippen molar-refractivity contribution in [3.63, 3.8) is 0 Å². The fourth-order valence-corrected chi connectivity index (χ4v) is 1.48. The van der Waals surface area contributed by atoms with Crippen molar-refractivity contribution >= 4 is 5.91 Å². The minimum Gasteiger partial charge on any atom is -0.496 e. The molecule has 1 amide bonds. The first-order valence-electron chi connectivity index (χ1n) is 5.79. The quantitative estimate of drug-likeness (QED) is 0.894. The molecule has 0 saturated heterocycles. The van der Waals surface area contributed by atoms with Crippen molar-refractivity contribution in [3.8, 4) is 5.75 Å². The van der Waals surface area contributed by atoms with Gasteiger partial charge in [-0.05, 0) is 32.0 Å². The number of carbonyl (C=O) groups excluding carboxylic acids is 1. The molecule has 1 rings (SSSR count). The summed E-state index contributed by atoms with van der Waals surface area (Å²) in [4.78, 5) is 12.0. The van der Waals surface area contributed by atoms with E-state index >= 15 is 0 Å². The summed E-state index contributed by atoms with van der Waals surface area (Å²) in [5.74, 6) is -0.712. The number of carbonyl (C=O) groups is 1. The molecule has 0 fully saturated rings. The van der Waals surface area contributed by atoms with E-state index in [1.165, 1.54) is 7.11 Å². The van der Waals surface area contributed by atoms with Gasteiger partial charge in [0, 0.05) is 0 Å². The van der Waals surface area contributed by atoms with Crippen LogP contribution in [0.25, 0.3) is 0 Å². The molecule has 0 aliphatic heterocycles. The maximum Gasteiger partial charge on any atom is 0.416 e. The van der Waals surface area contributed by atoms with Gasteiger partial charge in [0.1, 0.15) is 5.75 Å². The van der Waals surface area contributed by atoms with Gasteiger partial charge in [-0.25, -0.2) is 0 Å². The zero-order valence-corrected chi connectivity index (χ0v) is 11.3. The van der Waals surface area contributed by atoms with Gasteiger partial charge in [0.05, 0.1) is 30.4 Å². The summed E-state index contributed by atoms with van der Waals surface area (Å²) in [6.07, 6.45) is -4.55. The molecule has 0 saturated carbocycles. The predicted octanol–water partition coefficient (Wildman–Crippen LogP) is 2.21. The lowest BCUT2D eigenvalue weighted by Gasteiger charge is -2.24. The minimum absolute atomic E-state index is 0.0317. The Hall–Kier alpha value is -1.76. The van der Waals surface area contributed by atoms with Gasteiger partial charge in [0.15, 0.2) is 0 Å². The number of aliphatic hydroxyl groups is 1. The lowest BCUT2D eigenvalue weighted by atomic mass is 10.0. The SMILES string of the molecule is COc1ccc(C(F)(F)F)cc1C(=O)NC(C)(C)CO. The average Bonchev–Trinajstić information content (AvgIpc) is 2.36. The summed E-state index contributed by atoms with van der Waals surface area (Å²) in [5.41, 5.74) is -2.12. The second-order valence-corrected chi connectivity index (χ2v) is 4.91. The summed E-state index contributed by atoms with van der Waals surface area (Å²) >= 11 is 0. The van der Waals surface area contributed by atoms with Gasteiger partial charge in [-0.1, -0.05) is 0 Å². The average molecular weight is 291 g/mol. The third-order valence-corrected chi connectivity index (χ3v) is 2.62. The lowest BCUT2D eigenvalue weighted by Crippen LogP contribution is -2.46. The molecule has 0 aliphatic carbocycles. The second-order valence-electron chi connectivity index (χ2n) is 4.91. The van der Waals surface area contributed by atoms with Crippen molar-refractivity contribution in [1.29, 1.82) is 0 Å². The first-order chi connectivity index (χ1) is 9.10. The molecule has 0 aromatic heterocycles. The highest BCUT2D eigenvalue weighted by Crippen LogP contribution is 2.32. The zero-order chi connectivity index (χ0) is 15.6. The lowest BCUT2D eigenvalue weighted by molar-refractivity contribution is -0.137. The Morgan fingerprint density at radius 3 is 2.40 bits per heavy atom. The van der Waals surface area contributed by atoms with Crippen molar-refractivity contribution in [2.45, 2.75) is 25.6 Å². The number of nitrogens with one attached hydrogen (secondary N) is 1. The highest BCUT2D eigenvalue weighted by Gasteiger charge is 2.32. The number of aliphatic hydroxyl groups excluding tert-OH is 1. The van der Waals surface area contributed by atoms with Crippen LogP contribution in [0.15, 0.2) is 18.2 Å². The normalized spacial score (nSPS) is 12.2. The van der Waals surface area contributed by atoms with Gasteiger partial charge in [-0.15, -0.1) is 0 Å². The maximum absolute atomic E-state index is 12.7. The van der Waals surface area contributed by atoms with Gasteiger partial charge >= 0.3 is 6.18 Å². The zero-order valence-electron chi connectivity index (χ0n) is 11.3. The minimum atomic E-state index is -4.55. The Morgan fingerprint density at radius 2 is 1.95 bits per heavy atom. The van der Waals surface area contributed by atoms with Crippen molar-refractivity contribution in [1.82, 2.24) is 5.32 Å². The van der Waals surface area contributed by atoms with Gasteiger partial charge < -0.3 is 15.2 Å². The number of alkyl halides is 3. The molecule has 0 aliphatic rings. The molecule has 0 radical (unpaired) electrons. The number of ether oxygens (including phenoxy) is 1. The van der Waals surface area contributed by atoms with E-state index in [2.05, 4.69) is 5.32 Å². The first-order valence-corrected chi connectivity index (χ1v) is 5.79. The molecule has 0 heterocycles. The smallest absolute Gasteiger partial charge is 0.416 e. The molecule has 0 bridgehead atoms. The standard InChI is InChI=1S/C13H16F3NO3/c1-12(2,7-18)17-11(19)9-6-8(13(14,15)16)4-5-10(9)20-3/h4-6,18H,7H2,1-3H3,(H,17,19). The first kappa shape index (κ1) is 16.3. The van der Waals surface area contributed by atoms with Crippen LogP contribution in [0.5, 0.6) is 5.75 Å². The molecule has 0 atom stereocenters. The van der Waals surface area contributed by atoms with Crippen LogP contribution in [0.2, 0.25) is 0 Å². The maximum atomic E-state index is 12.7. The van der Waals surface area contributed by atoms with Crippen LogP contribution >= 0.6 is 0 Å². The van der Waals surface area contributed by atoms with Crippen LogP contribution in [0, 0.1) is 0 Å². The van der Waals surface area contributed by atoms with Crippen molar-refractivity contribution in [2.24, 2.45) is 0 Å². The summed E-state index contributed by atoms with van der Waals surface area (Å²) in [6, 6.07) is 2.65. The molecule has 7 heteroatoms. The Bertz CT molecular complexity index is 498. The Labute approximate surface area is 114 Å². The third-order valence-electron chi connectivity index (χ3n) is 2.62. The Morgan fingerprint density at radius 1 is 1.35 bits per heavy atom. The molecule has 1 aromatic rings. The van der Waals surface area contributed by atoms with Gasteiger partial charge in [0.25, 0.3) is 5.91 Å². The van der Waals surface area contributed by atoms with Crippen LogP contribution in [-0.4, -0.2) is 30.3 Å². The van der Waals surface area contributed by atoms with E-state index in [1.54, 1.807) is 13.8 Å². The molecule has 0 unspecified atom stereocenters. The molecule has 2 N–H and O–H groups in total. The number of hydrogen-bond donors (Lipinski definition) is 2. The highest BCUT2D eigenvalue weighted by molar-refractivity contribution is 5.97. The fourth-order valence-electron chi connectivity index (χ4n) is 1.48. The largest absolute Gasteiger partial charge is 0.496 e. The number of halogens is 3. The van der Waals surface area contributed by atoms with Crippen LogP contribution in [-0.2, 0) is 6.18 Å². The van der Waals surface area contributed by atoms with Crippen molar-refractivity contribution < 1.29 is 27.8 Å². The molecular formula is C13H16F3NO3. The molecular weight excluding hydrogens is 275 g/mol. The number of hydrogen-bond acceptors (Lipinski definition) is 3. The second kappa shape index (κ2) is 5.70. The van der Waals surface area contributed by atoms with Gasteiger partial charge in [-0.3, -0.25) is 4.79 Å². The number of benzene rings is 1. The van der Waals surface area contributed by atoms with E-state index in [-0.39, 0.29) is 17.9 Å². The number of methoxy groups -OCH3 is 1. The molecule has 1 aromatic carbocycles. The number of amides is 1. The van der Waals surface area contributed by atoms with Crippen LogP contribution in [0.1, 0.15) is 29.8 Å². The summed E-state index contributed by atoms with van der Waals surface area (Å²) in [7, 11) is 1.26. The van der Waals surface area contributed by atoms with Crippen molar-refractivity contribution in [2.75, 3.05) is 13.7 Å². The van der Waals surface area contributed by atoms with Crippen LogP contribution in [0.3, 0.4) is 0 Å². The van der Waals surface area contributed by atoms with Crippen LogP contribution < -0.4 is 10.1 Å². The van der Waals surface area contributed by atoms with E-state index in [0.29, 0.717) is 0 Å².